The Balaban J connectivity index is 1.72. The van der Waals surface area contributed by atoms with E-state index in [4.69, 9.17) is 27.9 Å². The molecule has 4 rings (SSSR count). The summed E-state index contributed by atoms with van der Waals surface area (Å²) in [4.78, 5) is 25.9. The van der Waals surface area contributed by atoms with Crippen LogP contribution in [0.5, 0.6) is 5.75 Å². The summed E-state index contributed by atoms with van der Waals surface area (Å²) >= 11 is 12.4. The predicted molar refractivity (Wildman–Crippen MR) is 128 cm³/mol. The van der Waals surface area contributed by atoms with Gasteiger partial charge in [0.2, 0.25) is 12.3 Å². The van der Waals surface area contributed by atoms with Crippen molar-refractivity contribution in [3.8, 4) is 5.75 Å². The minimum absolute atomic E-state index is 0.333. The fourth-order valence-electron chi connectivity index (χ4n) is 3.67. The molecule has 0 spiro atoms. The van der Waals surface area contributed by atoms with Crippen LogP contribution in [0.4, 0.5) is 0 Å². The summed E-state index contributed by atoms with van der Waals surface area (Å²) in [5.74, 6) is 0.0187. The van der Waals surface area contributed by atoms with E-state index in [2.05, 4.69) is 10.7 Å². The van der Waals surface area contributed by atoms with Gasteiger partial charge in [-0.05, 0) is 61.5 Å². The summed E-state index contributed by atoms with van der Waals surface area (Å²) in [5.41, 5.74) is 5.84. The molecule has 0 unspecified atom stereocenters. The second kappa shape index (κ2) is 9.65. The normalized spacial score (nSPS) is 18.8. The van der Waals surface area contributed by atoms with Crippen LogP contribution in [0.3, 0.4) is 0 Å². The number of amides is 2. The molecule has 2 amide bonds. The zero-order chi connectivity index (χ0) is 23.5. The first-order valence-electron chi connectivity index (χ1n) is 10.3. The number of ether oxygens (including phenoxy) is 1. The highest BCUT2D eigenvalue weighted by atomic mass is 35.5. The molecule has 2 N–H and O–H groups in total. The average Bonchev–Trinajstić information content (AvgIpc) is 3.10. The Morgan fingerprint density at radius 1 is 1.06 bits per heavy atom. The first-order valence-corrected chi connectivity index (χ1v) is 11.0. The van der Waals surface area contributed by atoms with Crippen molar-refractivity contribution in [2.24, 2.45) is 0 Å². The fourth-order valence-corrected chi connectivity index (χ4v) is 4.12. The van der Waals surface area contributed by atoms with Crippen molar-refractivity contribution < 1.29 is 19.0 Å². The van der Waals surface area contributed by atoms with Crippen molar-refractivity contribution in [1.29, 1.82) is 0 Å². The van der Waals surface area contributed by atoms with Crippen molar-refractivity contribution in [2.45, 2.75) is 19.0 Å². The van der Waals surface area contributed by atoms with Gasteiger partial charge < -0.3 is 10.1 Å². The molecule has 1 heterocycles. The van der Waals surface area contributed by atoms with Crippen LogP contribution >= 0.6 is 23.2 Å². The molecular formula is C25H22Cl2N3O3+. The number of hydrogen-bond donors (Lipinski definition) is 2. The molecule has 0 bridgehead atoms. The molecule has 0 saturated carbocycles. The predicted octanol–water partition coefficient (Wildman–Crippen LogP) is 4.33. The smallest absolute Gasteiger partial charge is 0.304 e. The van der Waals surface area contributed by atoms with Crippen LogP contribution < -0.4 is 15.5 Å². The van der Waals surface area contributed by atoms with Gasteiger partial charge in [-0.3, -0.25) is 9.59 Å². The molecule has 1 aliphatic rings. The summed E-state index contributed by atoms with van der Waals surface area (Å²) in [6, 6.07) is 18.3. The maximum absolute atomic E-state index is 13.0. The number of rotatable bonds is 5. The van der Waals surface area contributed by atoms with Gasteiger partial charge in [0.05, 0.1) is 17.7 Å². The van der Waals surface area contributed by atoms with Crippen LogP contribution in [0.15, 0.2) is 66.7 Å². The Labute approximate surface area is 201 Å². The molecule has 2 atom stereocenters. The highest BCUT2D eigenvalue weighted by Crippen LogP contribution is 2.28. The van der Waals surface area contributed by atoms with Gasteiger partial charge in [0, 0.05) is 16.1 Å². The van der Waals surface area contributed by atoms with Gasteiger partial charge in [-0.15, -0.1) is 10.1 Å². The SMILES string of the molecule is COc1ccc([C@H]2[C@@H](NC(=O)c3ccc(C)cc3)C(=O)N/[N+]2=C\c2ccc(Cl)cc2Cl)cc1. The summed E-state index contributed by atoms with van der Waals surface area (Å²) < 4.78 is 6.91. The number of methoxy groups -OCH3 is 1. The number of aryl methyl sites for hydroxylation is 1. The number of hydrazine groups is 1. The Morgan fingerprint density at radius 2 is 1.76 bits per heavy atom. The molecule has 33 heavy (non-hydrogen) atoms. The molecule has 0 aromatic heterocycles. The molecule has 3 aromatic carbocycles. The topological polar surface area (TPSA) is 70.4 Å². The van der Waals surface area contributed by atoms with Gasteiger partial charge in [-0.2, -0.15) is 0 Å². The minimum Gasteiger partial charge on any atom is -0.497 e. The van der Waals surface area contributed by atoms with Gasteiger partial charge in [-0.1, -0.05) is 40.9 Å². The summed E-state index contributed by atoms with van der Waals surface area (Å²) in [6.45, 7) is 1.95. The Morgan fingerprint density at radius 3 is 2.39 bits per heavy atom. The van der Waals surface area contributed by atoms with E-state index in [1.54, 1.807) is 48.3 Å². The van der Waals surface area contributed by atoms with Crippen molar-refractivity contribution in [2.75, 3.05) is 7.11 Å². The second-order valence-corrected chi connectivity index (χ2v) is 8.56. The number of halogens is 2. The number of benzene rings is 3. The van der Waals surface area contributed by atoms with Gasteiger partial charge in [0.1, 0.15) is 5.75 Å². The minimum atomic E-state index is -0.838. The Bertz CT molecular complexity index is 1220. The zero-order valence-electron chi connectivity index (χ0n) is 18.0. The molecule has 1 fully saturated rings. The number of hydrazone groups is 1. The molecule has 3 aromatic rings. The number of carbonyl (C=O) groups is 2. The van der Waals surface area contributed by atoms with Gasteiger partial charge in [-0.25, -0.2) is 0 Å². The van der Waals surface area contributed by atoms with E-state index in [0.717, 1.165) is 11.1 Å². The first kappa shape index (κ1) is 22.8. The van der Waals surface area contributed by atoms with Gasteiger partial charge in [0.25, 0.3) is 5.91 Å². The average molecular weight is 483 g/mol. The highest BCUT2D eigenvalue weighted by molar-refractivity contribution is 6.36. The van der Waals surface area contributed by atoms with Crippen molar-refractivity contribution in [3.63, 3.8) is 0 Å². The van der Waals surface area contributed by atoms with Crippen molar-refractivity contribution in [3.05, 3.63) is 99.0 Å². The molecule has 8 heteroatoms. The Kier molecular flexibility index (Phi) is 6.67. The molecular weight excluding hydrogens is 461 g/mol. The lowest BCUT2D eigenvalue weighted by molar-refractivity contribution is -0.596. The van der Waals surface area contributed by atoms with Crippen LogP contribution in [0.25, 0.3) is 0 Å². The summed E-state index contributed by atoms with van der Waals surface area (Å²) in [7, 11) is 1.59. The third-order valence-corrected chi connectivity index (χ3v) is 6.00. The van der Waals surface area contributed by atoms with Crippen molar-refractivity contribution >= 4 is 41.2 Å². The molecule has 0 aliphatic carbocycles. The highest BCUT2D eigenvalue weighted by Gasteiger charge is 2.47. The maximum atomic E-state index is 13.0. The lowest BCUT2D eigenvalue weighted by Gasteiger charge is -2.15. The fraction of sp³-hybridized carbons (Fsp3) is 0.160. The van der Waals surface area contributed by atoms with E-state index in [-0.39, 0.29) is 11.8 Å². The van der Waals surface area contributed by atoms with E-state index < -0.39 is 12.1 Å². The lowest BCUT2D eigenvalue weighted by Crippen LogP contribution is -2.42. The maximum Gasteiger partial charge on any atom is 0.304 e. The standard InChI is InChI=1S/C25H21Cl2N3O3/c1-15-3-5-17(6-4-15)24(31)28-22-23(16-8-11-20(33-2)12-9-16)30(29-25(22)32)14-18-7-10-19(26)13-21(18)27/h3-14,22-23H,1-2H3,(H-,28,29,31,32)/p+1/b30-14-/t22-,23+/m1/s1. The third-order valence-electron chi connectivity index (χ3n) is 5.44. The monoisotopic (exact) mass is 482 g/mol. The van der Waals surface area contributed by atoms with E-state index in [1.807, 2.05) is 43.3 Å². The largest absolute Gasteiger partial charge is 0.497 e. The van der Waals surface area contributed by atoms with Gasteiger partial charge >= 0.3 is 5.91 Å². The quantitative estimate of drug-likeness (QED) is 0.531. The third kappa shape index (κ3) is 5.02. The van der Waals surface area contributed by atoms with E-state index in [1.165, 1.54) is 0 Å². The number of nitrogens with one attached hydrogen (secondary N) is 2. The van der Waals surface area contributed by atoms with Crippen LogP contribution in [0.2, 0.25) is 10.0 Å². The second-order valence-electron chi connectivity index (χ2n) is 7.71. The van der Waals surface area contributed by atoms with Crippen LogP contribution in [-0.4, -0.2) is 35.9 Å². The zero-order valence-corrected chi connectivity index (χ0v) is 19.5. The van der Waals surface area contributed by atoms with Crippen molar-refractivity contribution in [1.82, 2.24) is 10.7 Å². The number of carbonyl (C=O) groups excluding carboxylic acids is 2. The molecule has 1 saturated heterocycles. The number of hydrogen-bond acceptors (Lipinski definition) is 3. The van der Waals surface area contributed by atoms with E-state index in [0.29, 0.717) is 26.9 Å². The first-order chi connectivity index (χ1) is 15.9. The summed E-state index contributed by atoms with van der Waals surface area (Å²) in [6.07, 6.45) is 1.73. The van der Waals surface area contributed by atoms with E-state index in [9.17, 15) is 9.59 Å². The van der Waals surface area contributed by atoms with Crippen LogP contribution in [0.1, 0.15) is 33.1 Å². The summed E-state index contributed by atoms with van der Waals surface area (Å²) in [5, 5.41) is 3.84. The van der Waals surface area contributed by atoms with E-state index >= 15 is 0 Å². The molecule has 1 aliphatic heterocycles. The number of nitrogens with zero attached hydrogens (tertiary/aromatic N) is 1. The van der Waals surface area contributed by atoms with Crippen LogP contribution in [-0.2, 0) is 4.79 Å². The molecule has 6 nitrogen and oxygen atoms in total. The Hall–Kier alpha value is -3.35. The molecule has 0 radical (unpaired) electrons. The van der Waals surface area contributed by atoms with Gasteiger partial charge in [0.15, 0.2) is 6.04 Å². The van der Waals surface area contributed by atoms with Crippen LogP contribution in [0, 0.1) is 6.92 Å². The molecule has 168 valence electrons. The lowest BCUT2D eigenvalue weighted by atomic mass is 9.99.